The normalized spacial score (nSPS) is 13.7. The van der Waals surface area contributed by atoms with Gasteiger partial charge in [-0.15, -0.1) is 0 Å². The topological polar surface area (TPSA) is 81.7 Å². The Labute approximate surface area is 176 Å². The van der Waals surface area contributed by atoms with Gasteiger partial charge in [-0.2, -0.15) is 0 Å². The maximum atomic E-state index is 12.3. The number of fused-ring (bicyclic) bond motifs is 3. The first kappa shape index (κ1) is 21.6. The zero-order valence-electron chi connectivity index (χ0n) is 17.5. The summed E-state index contributed by atoms with van der Waals surface area (Å²) < 4.78 is 10.7. The molecule has 1 atom stereocenters. The van der Waals surface area contributed by atoms with Crippen LogP contribution >= 0.6 is 0 Å². The van der Waals surface area contributed by atoms with Crippen molar-refractivity contribution in [2.24, 2.45) is 0 Å². The number of carbonyl (C=O) groups excluding carboxylic acids is 3. The molecule has 6 heteroatoms. The van der Waals surface area contributed by atoms with Crippen LogP contribution in [0.2, 0.25) is 0 Å². The molecule has 0 spiro atoms. The number of ether oxygens (including phenoxy) is 2. The lowest BCUT2D eigenvalue weighted by Crippen LogP contribution is -2.37. The van der Waals surface area contributed by atoms with Crippen LogP contribution in [0.15, 0.2) is 48.5 Å². The predicted octanol–water partition coefficient (Wildman–Crippen LogP) is 4.21. The molecule has 0 aromatic heterocycles. The van der Waals surface area contributed by atoms with E-state index in [1.807, 2.05) is 36.4 Å². The summed E-state index contributed by atoms with van der Waals surface area (Å²) in [6, 6.07) is 15.3. The van der Waals surface area contributed by atoms with Crippen LogP contribution in [-0.4, -0.2) is 36.6 Å². The van der Waals surface area contributed by atoms with Crippen LogP contribution in [0, 0.1) is 0 Å². The number of esters is 1. The molecule has 0 bridgehead atoms. The van der Waals surface area contributed by atoms with Crippen LogP contribution < -0.4 is 5.32 Å². The van der Waals surface area contributed by atoms with Gasteiger partial charge in [-0.05, 0) is 49.4 Å². The quantitative estimate of drug-likeness (QED) is 0.547. The van der Waals surface area contributed by atoms with Crippen molar-refractivity contribution >= 4 is 18.3 Å². The maximum Gasteiger partial charge on any atom is 0.407 e. The number of alkyl carbamates (subject to hydrolysis) is 1. The van der Waals surface area contributed by atoms with E-state index in [9.17, 15) is 14.4 Å². The van der Waals surface area contributed by atoms with Gasteiger partial charge in [0.1, 0.15) is 18.5 Å². The zero-order valence-corrected chi connectivity index (χ0v) is 17.5. The molecule has 0 saturated heterocycles. The zero-order chi connectivity index (χ0) is 21.7. The van der Waals surface area contributed by atoms with Crippen molar-refractivity contribution in [3.05, 3.63) is 59.7 Å². The smallest absolute Gasteiger partial charge is 0.407 e. The molecule has 0 heterocycles. The fourth-order valence-corrected chi connectivity index (χ4v) is 3.63. The van der Waals surface area contributed by atoms with Gasteiger partial charge >= 0.3 is 12.1 Å². The van der Waals surface area contributed by atoms with Crippen molar-refractivity contribution in [1.82, 2.24) is 5.32 Å². The largest absolute Gasteiger partial charge is 0.460 e. The molecule has 6 nitrogen and oxygen atoms in total. The third-order valence-electron chi connectivity index (χ3n) is 4.89. The van der Waals surface area contributed by atoms with Crippen molar-refractivity contribution in [1.29, 1.82) is 0 Å². The minimum absolute atomic E-state index is 0.0321. The summed E-state index contributed by atoms with van der Waals surface area (Å²) in [4.78, 5) is 35.4. The van der Waals surface area contributed by atoms with Gasteiger partial charge < -0.3 is 19.6 Å². The van der Waals surface area contributed by atoms with Crippen molar-refractivity contribution in [3.8, 4) is 11.1 Å². The van der Waals surface area contributed by atoms with Crippen molar-refractivity contribution in [2.45, 2.75) is 51.2 Å². The Balaban J connectivity index is 1.55. The number of carbonyl (C=O) groups is 3. The molecule has 0 aliphatic heterocycles. The Kier molecular flexibility index (Phi) is 6.55. The van der Waals surface area contributed by atoms with Crippen LogP contribution in [0.4, 0.5) is 4.79 Å². The Bertz CT molecular complexity index is 886. The molecule has 30 heavy (non-hydrogen) atoms. The third-order valence-corrected chi connectivity index (χ3v) is 4.89. The van der Waals surface area contributed by atoms with E-state index in [4.69, 9.17) is 9.47 Å². The van der Waals surface area contributed by atoms with E-state index < -0.39 is 23.7 Å². The van der Waals surface area contributed by atoms with Crippen molar-refractivity contribution < 1.29 is 23.9 Å². The molecule has 1 amide bonds. The van der Waals surface area contributed by atoms with Crippen molar-refractivity contribution in [2.75, 3.05) is 6.61 Å². The molecule has 0 saturated carbocycles. The number of hydrogen-bond donors (Lipinski definition) is 1. The summed E-state index contributed by atoms with van der Waals surface area (Å²) >= 11 is 0. The number of amides is 1. The minimum Gasteiger partial charge on any atom is -0.460 e. The van der Waals surface area contributed by atoms with Gasteiger partial charge in [-0.25, -0.2) is 4.79 Å². The molecule has 0 unspecified atom stereocenters. The molecule has 2 aromatic rings. The summed E-state index contributed by atoms with van der Waals surface area (Å²) in [7, 11) is 0. The van der Waals surface area contributed by atoms with Gasteiger partial charge in [0.25, 0.3) is 0 Å². The van der Waals surface area contributed by atoms with Gasteiger partial charge in [0.2, 0.25) is 0 Å². The third kappa shape index (κ3) is 5.26. The highest BCUT2D eigenvalue weighted by Crippen LogP contribution is 2.44. The molecular formula is C24H27NO5. The molecular weight excluding hydrogens is 382 g/mol. The number of nitrogens with one attached hydrogen (secondary N) is 1. The maximum absolute atomic E-state index is 12.3. The second-order valence-corrected chi connectivity index (χ2v) is 8.34. The van der Waals surface area contributed by atoms with E-state index in [0.717, 1.165) is 22.3 Å². The predicted molar refractivity (Wildman–Crippen MR) is 113 cm³/mol. The second-order valence-electron chi connectivity index (χ2n) is 8.34. The molecule has 1 aliphatic carbocycles. The first-order valence-electron chi connectivity index (χ1n) is 10.1. The summed E-state index contributed by atoms with van der Waals surface area (Å²) in [6.45, 7) is 5.49. The summed E-state index contributed by atoms with van der Waals surface area (Å²) in [5, 5.41) is 2.52. The van der Waals surface area contributed by atoms with Crippen LogP contribution in [-0.2, 0) is 19.1 Å². The molecule has 3 rings (SSSR count). The standard InChI is InChI=1S/C24H27NO5/c1-24(2,3)30-22(27)13-12-16(14-26)25-23(28)29-15-21-19-10-6-4-8-17(19)18-9-5-7-11-20(18)21/h4-11,14,16,21H,12-13,15H2,1-3H3,(H,25,28)/t16-/m1/s1. The van der Waals surface area contributed by atoms with E-state index in [1.54, 1.807) is 20.8 Å². The first-order valence-corrected chi connectivity index (χ1v) is 10.1. The number of hydrogen-bond acceptors (Lipinski definition) is 5. The highest BCUT2D eigenvalue weighted by atomic mass is 16.6. The van der Waals surface area contributed by atoms with Gasteiger partial charge in [0, 0.05) is 12.3 Å². The SMILES string of the molecule is CC(C)(C)OC(=O)CC[C@H](C=O)NC(=O)OCC1c2ccccc2-c2ccccc21. The summed E-state index contributed by atoms with van der Waals surface area (Å²) in [5.41, 5.74) is 3.93. The van der Waals surface area contributed by atoms with Crippen LogP contribution in [0.25, 0.3) is 11.1 Å². The van der Waals surface area contributed by atoms with Crippen LogP contribution in [0.5, 0.6) is 0 Å². The molecule has 0 radical (unpaired) electrons. The lowest BCUT2D eigenvalue weighted by Gasteiger charge is -2.20. The lowest BCUT2D eigenvalue weighted by molar-refractivity contribution is -0.155. The van der Waals surface area contributed by atoms with Gasteiger partial charge in [-0.1, -0.05) is 48.5 Å². The highest BCUT2D eigenvalue weighted by Gasteiger charge is 2.29. The first-order chi connectivity index (χ1) is 14.3. The average Bonchev–Trinajstić information content (AvgIpc) is 3.02. The van der Waals surface area contributed by atoms with Crippen LogP contribution in [0.1, 0.15) is 50.7 Å². The monoisotopic (exact) mass is 409 g/mol. The fraction of sp³-hybridized carbons (Fsp3) is 0.375. The molecule has 2 aromatic carbocycles. The van der Waals surface area contributed by atoms with Crippen LogP contribution in [0.3, 0.4) is 0 Å². The van der Waals surface area contributed by atoms with E-state index in [-0.39, 0.29) is 25.4 Å². The summed E-state index contributed by atoms with van der Waals surface area (Å²) in [6.07, 6.45) is 0.108. The molecule has 1 N–H and O–H groups in total. The highest BCUT2D eigenvalue weighted by molar-refractivity contribution is 5.79. The molecule has 1 aliphatic rings. The van der Waals surface area contributed by atoms with Crippen molar-refractivity contribution in [3.63, 3.8) is 0 Å². The Hall–Kier alpha value is -3.15. The Morgan fingerprint density at radius 1 is 1.03 bits per heavy atom. The molecule has 158 valence electrons. The van der Waals surface area contributed by atoms with Gasteiger partial charge in [0.05, 0.1) is 6.04 Å². The fourth-order valence-electron chi connectivity index (χ4n) is 3.63. The van der Waals surface area contributed by atoms with E-state index in [2.05, 4.69) is 17.4 Å². The molecule has 0 fully saturated rings. The number of benzene rings is 2. The van der Waals surface area contributed by atoms with Gasteiger partial charge in [0.15, 0.2) is 0 Å². The Morgan fingerprint density at radius 2 is 1.60 bits per heavy atom. The van der Waals surface area contributed by atoms with E-state index in [1.165, 1.54) is 0 Å². The number of rotatable bonds is 7. The Morgan fingerprint density at radius 3 is 2.13 bits per heavy atom. The summed E-state index contributed by atoms with van der Waals surface area (Å²) in [5.74, 6) is -0.469. The lowest BCUT2D eigenvalue weighted by atomic mass is 9.98. The van der Waals surface area contributed by atoms with E-state index in [0.29, 0.717) is 6.29 Å². The van der Waals surface area contributed by atoms with Gasteiger partial charge in [-0.3, -0.25) is 4.79 Å². The second kappa shape index (κ2) is 9.11. The average molecular weight is 409 g/mol. The number of aldehydes is 1. The van der Waals surface area contributed by atoms with E-state index >= 15 is 0 Å². The minimum atomic E-state index is -0.812.